The summed E-state index contributed by atoms with van der Waals surface area (Å²) >= 11 is 0. The van der Waals surface area contributed by atoms with Crippen LogP contribution in [-0.4, -0.2) is 10.1 Å². The van der Waals surface area contributed by atoms with Crippen molar-refractivity contribution in [2.75, 3.05) is 5.32 Å². The lowest BCUT2D eigenvalue weighted by Gasteiger charge is -2.26. The highest BCUT2D eigenvalue weighted by Crippen LogP contribution is 2.33. The molecule has 0 amide bonds. The van der Waals surface area contributed by atoms with Gasteiger partial charge in [0.15, 0.2) is 0 Å². The molecule has 1 heterocycles. The van der Waals surface area contributed by atoms with Gasteiger partial charge < -0.3 is 10.4 Å². The summed E-state index contributed by atoms with van der Waals surface area (Å²) in [6.45, 7) is 1.79. The fraction of sp³-hybridized carbons (Fsp3) is 0.105. The van der Waals surface area contributed by atoms with E-state index in [1.54, 1.807) is 13.1 Å². The maximum Gasteiger partial charge on any atom is 0.136 e. The van der Waals surface area contributed by atoms with E-state index in [9.17, 15) is 5.11 Å². The Balaban J connectivity index is 2.01. The zero-order chi connectivity index (χ0) is 15.4. The lowest BCUT2D eigenvalue weighted by molar-refractivity contribution is 0.103. The molecule has 0 radical (unpaired) electrons. The van der Waals surface area contributed by atoms with Gasteiger partial charge in [0.05, 0.1) is 0 Å². The summed E-state index contributed by atoms with van der Waals surface area (Å²) < 4.78 is 0. The van der Waals surface area contributed by atoms with Crippen LogP contribution in [0.2, 0.25) is 0 Å². The second-order valence-corrected chi connectivity index (χ2v) is 5.33. The molecule has 0 bridgehead atoms. The van der Waals surface area contributed by atoms with Crippen LogP contribution in [0.25, 0.3) is 0 Å². The molecule has 3 nitrogen and oxygen atoms in total. The zero-order valence-corrected chi connectivity index (χ0v) is 12.4. The molecular weight excluding hydrogens is 272 g/mol. The third-order valence-corrected chi connectivity index (χ3v) is 3.70. The molecule has 110 valence electrons. The lowest BCUT2D eigenvalue weighted by Crippen LogP contribution is -2.24. The van der Waals surface area contributed by atoms with Crippen molar-refractivity contribution in [2.24, 2.45) is 0 Å². The van der Waals surface area contributed by atoms with E-state index in [-0.39, 0.29) is 0 Å². The number of aliphatic hydroxyl groups is 1. The normalized spacial score (nSPS) is 13.4. The highest BCUT2D eigenvalue weighted by atomic mass is 16.3. The summed E-state index contributed by atoms with van der Waals surface area (Å²) in [6, 6.07) is 23.2. The summed E-state index contributed by atoms with van der Waals surface area (Å²) in [4.78, 5) is 4.39. The second kappa shape index (κ2) is 6.00. The first kappa shape index (κ1) is 14.3. The average Bonchev–Trinajstić information content (AvgIpc) is 2.57. The van der Waals surface area contributed by atoms with Crippen LogP contribution in [0, 0.1) is 0 Å². The van der Waals surface area contributed by atoms with Crippen LogP contribution in [0.5, 0.6) is 0 Å². The molecule has 0 aliphatic heterocycles. The maximum absolute atomic E-state index is 11.0. The summed E-state index contributed by atoms with van der Waals surface area (Å²) in [7, 11) is 0. The second-order valence-electron chi connectivity index (χ2n) is 5.33. The number of para-hydroxylation sites is 1. The lowest BCUT2D eigenvalue weighted by atomic mass is 9.88. The van der Waals surface area contributed by atoms with Crippen LogP contribution in [0.15, 0.2) is 79.0 Å². The van der Waals surface area contributed by atoms with Crippen molar-refractivity contribution in [3.8, 4) is 0 Å². The standard InChI is InChI=1S/C19H18N2O/c1-19(22,15-9-4-2-5-10-15)17-13-8-14-20-18(17)21-16-11-6-3-7-12-16/h2-14,22H,1H3,(H,20,21). The molecule has 0 spiro atoms. The molecule has 3 aromatic rings. The van der Waals surface area contributed by atoms with Crippen molar-refractivity contribution in [2.45, 2.75) is 12.5 Å². The van der Waals surface area contributed by atoms with Crippen LogP contribution < -0.4 is 5.32 Å². The van der Waals surface area contributed by atoms with E-state index >= 15 is 0 Å². The first-order valence-corrected chi connectivity index (χ1v) is 7.23. The Kier molecular flexibility index (Phi) is 3.90. The van der Waals surface area contributed by atoms with Gasteiger partial charge in [-0.3, -0.25) is 0 Å². The Morgan fingerprint density at radius 2 is 1.50 bits per heavy atom. The number of aromatic nitrogens is 1. The van der Waals surface area contributed by atoms with Crippen molar-refractivity contribution >= 4 is 11.5 Å². The summed E-state index contributed by atoms with van der Waals surface area (Å²) in [5.41, 5.74) is 1.39. The maximum atomic E-state index is 11.0. The highest BCUT2D eigenvalue weighted by Gasteiger charge is 2.28. The van der Waals surface area contributed by atoms with E-state index in [2.05, 4.69) is 10.3 Å². The van der Waals surface area contributed by atoms with Crippen molar-refractivity contribution in [1.82, 2.24) is 4.98 Å². The minimum absolute atomic E-state index is 0.655. The van der Waals surface area contributed by atoms with Crippen LogP contribution in [0.4, 0.5) is 11.5 Å². The van der Waals surface area contributed by atoms with Gasteiger partial charge in [-0.15, -0.1) is 0 Å². The molecule has 1 aromatic heterocycles. The molecule has 1 unspecified atom stereocenters. The van der Waals surface area contributed by atoms with Crippen LogP contribution in [-0.2, 0) is 5.60 Å². The van der Waals surface area contributed by atoms with Crippen molar-refractivity contribution < 1.29 is 5.11 Å². The number of pyridine rings is 1. The fourth-order valence-corrected chi connectivity index (χ4v) is 2.47. The minimum atomic E-state index is -1.12. The number of hydrogen-bond donors (Lipinski definition) is 2. The van der Waals surface area contributed by atoms with E-state index in [0.29, 0.717) is 5.82 Å². The molecule has 0 fully saturated rings. The topological polar surface area (TPSA) is 45.2 Å². The number of anilines is 2. The molecule has 0 saturated heterocycles. The minimum Gasteiger partial charge on any atom is -0.381 e. The molecule has 0 saturated carbocycles. The molecule has 1 atom stereocenters. The molecule has 0 aliphatic carbocycles. The SMILES string of the molecule is CC(O)(c1ccccc1)c1cccnc1Nc1ccccc1. The Labute approximate surface area is 130 Å². The highest BCUT2D eigenvalue weighted by molar-refractivity contribution is 5.61. The van der Waals surface area contributed by atoms with E-state index in [4.69, 9.17) is 0 Å². The summed E-state index contributed by atoms with van der Waals surface area (Å²) in [5, 5.41) is 14.3. The number of nitrogens with one attached hydrogen (secondary N) is 1. The molecule has 3 heteroatoms. The van der Waals surface area contributed by atoms with Gasteiger partial charge in [0.1, 0.15) is 11.4 Å². The van der Waals surface area contributed by atoms with Crippen molar-refractivity contribution in [1.29, 1.82) is 0 Å². The number of rotatable bonds is 4. The van der Waals surface area contributed by atoms with Gasteiger partial charge in [0, 0.05) is 17.4 Å². The molecule has 3 rings (SSSR count). The van der Waals surface area contributed by atoms with Gasteiger partial charge in [-0.25, -0.2) is 4.98 Å². The first-order valence-electron chi connectivity index (χ1n) is 7.23. The predicted molar refractivity (Wildman–Crippen MR) is 89.1 cm³/mol. The van der Waals surface area contributed by atoms with Gasteiger partial charge in [0.25, 0.3) is 0 Å². The van der Waals surface area contributed by atoms with E-state index < -0.39 is 5.60 Å². The smallest absolute Gasteiger partial charge is 0.136 e. The van der Waals surface area contributed by atoms with Gasteiger partial charge in [-0.2, -0.15) is 0 Å². The van der Waals surface area contributed by atoms with Crippen LogP contribution in [0.3, 0.4) is 0 Å². The van der Waals surface area contributed by atoms with Crippen LogP contribution >= 0.6 is 0 Å². The number of nitrogens with zero attached hydrogens (tertiary/aromatic N) is 1. The number of hydrogen-bond acceptors (Lipinski definition) is 3. The van der Waals surface area contributed by atoms with Crippen molar-refractivity contribution in [3.63, 3.8) is 0 Å². The fourth-order valence-electron chi connectivity index (χ4n) is 2.47. The summed E-state index contributed by atoms with van der Waals surface area (Å²) in [5.74, 6) is 0.655. The van der Waals surface area contributed by atoms with E-state index in [1.165, 1.54) is 0 Å². The third-order valence-electron chi connectivity index (χ3n) is 3.70. The van der Waals surface area contributed by atoms with Gasteiger partial charge in [-0.05, 0) is 30.7 Å². The molecule has 0 aliphatic rings. The van der Waals surface area contributed by atoms with Crippen molar-refractivity contribution in [3.05, 3.63) is 90.1 Å². The molecule has 2 N–H and O–H groups in total. The first-order chi connectivity index (χ1) is 10.7. The molecular formula is C19H18N2O. The zero-order valence-electron chi connectivity index (χ0n) is 12.4. The largest absolute Gasteiger partial charge is 0.381 e. The summed E-state index contributed by atoms with van der Waals surface area (Å²) in [6.07, 6.45) is 1.72. The molecule has 22 heavy (non-hydrogen) atoms. The van der Waals surface area contributed by atoms with E-state index in [0.717, 1.165) is 16.8 Å². The van der Waals surface area contributed by atoms with Crippen LogP contribution in [0.1, 0.15) is 18.1 Å². The van der Waals surface area contributed by atoms with Gasteiger partial charge >= 0.3 is 0 Å². The predicted octanol–water partition coefficient (Wildman–Crippen LogP) is 4.08. The van der Waals surface area contributed by atoms with Gasteiger partial charge in [-0.1, -0.05) is 54.6 Å². The monoisotopic (exact) mass is 290 g/mol. The van der Waals surface area contributed by atoms with Gasteiger partial charge in [0.2, 0.25) is 0 Å². The Hall–Kier alpha value is -2.65. The Morgan fingerprint density at radius 1 is 0.864 bits per heavy atom. The quantitative estimate of drug-likeness (QED) is 0.761. The average molecular weight is 290 g/mol. The third kappa shape index (κ3) is 2.85. The number of benzene rings is 2. The van der Waals surface area contributed by atoms with E-state index in [1.807, 2.05) is 72.8 Å². The Morgan fingerprint density at radius 3 is 2.18 bits per heavy atom. The Bertz CT molecular complexity index is 740. The molecule has 2 aromatic carbocycles.